The van der Waals surface area contributed by atoms with Crippen molar-refractivity contribution >= 4 is 33.5 Å². The molecule has 0 bridgehead atoms. The molecular weight excluding hydrogens is 362 g/mol. The molecule has 136 valence electrons. The number of carbonyl (C=O) groups is 2. The van der Waals surface area contributed by atoms with E-state index in [4.69, 9.17) is 4.74 Å². The molecule has 6 nitrogen and oxygen atoms in total. The molecule has 3 rings (SSSR count). The molecule has 0 spiro atoms. The lowest BCUT2D eigenvalue weighted by Gasteiger charge is -2.24. The highest BCUT2D eigenvalue weighted by molar-refractivity contribution is 8.01. The molecule has 25 heavy (non-hydrogen) atoms. The number of amides is 1. The first-order chi connectivity index (χ1) is 11.8. The Kier molecular flexibility index (Phi) is 5.11. The van der Waals surface area contributed by atoms with Gasteiger partial charge in [0.2, 0.25) is 5.91 Å². The summed E-state index contributed by atoms with van der Waals surface area (Å²) in [6.07, 6.45) is 1.93. The van der Waals surface area contributed by atoms with Gasteiger partial charge in [-0.2, -0.15) is 0 Å². The summed E-state index contributed by atoms with van der Waals surface area (Å²) in [6.45, 7) is 2.58. The van der Waals surface area contributed by atoms with Crippen LogP contribution in [0.1, 0.15) is 18.9 Å². The normalized spacial score (nSPS) is 25.9. The van der Waals surface area contributed by atoms with E-state index in [1.54, 1.807) is 47.9 Å². The van der Waals surface area contributed by atoms with Crippen molar-refractivity contribution < 1.29 is 22.7 Å². The molecule has 2 aliphatic rings. The summed E-state index contributed by atoms with van der Waals surface area (Å²) < 4.78 is 28.1. The van der Waals surface area contributed by atoms with Gasteiger partial charge in [-0.15, -0.1) is 11.8 Å². The van der Waals surface area contributed by atoms with E-state index >= 15 is 0 Å². The molecule has 1 saturated carbocycles. The van der Waals surface area contributed by atoms with Crippen LogP contribution in [0.3, 0.4) is 0 Å². The van der Waals surface area contributed by atoms with Crippen molar-refractivity contribution in [2.24, 2.45) is 11.8 Å². The van der Waals surface area contributed by atoms with Crippen LogP contribution in [0.4, 0.5) is 0 Å². The zero-order chi connectivity index (χ0) is 18.2. The molecule has 3 unspecified atom stereocenters. The van der Waals surface area contributed by atoms with Crippen molar-refractivity contribution in [1.82, 2.24) is 4.90 Å². The standard InChI is InChI=1S/C17H21NO5S2/c1-3-23-17(20)14-8-13(14)16-18(15(19)10-24-16)9-11-4-6-12(7-5-11)25(2,21)22/h4-7,13-14,16H,3,8-10H2,1-2H3. The fraction of sp³-hybridized carbons (Fsp3) is 0.529. The molecule has 1 amide bonds. The highest BCUT2D eigenvalue weighted by Crippen LogP contribution is 2.50. The second-order valence-corrected chi connectivity index (χ2v) is 9.52. The average Bonchev–Trinajstić information content (AvgIpc) is 3.27. The van der Waals surface area contributed by atoms with Gasteiger partial charge < -0.3 is 9.64 Å². The third kappa shape index (κ3) is 4.00. The molecule has 0 radical (unpaired) electrons. The van der Waals surface area contributed by atoms with Crippen LogP contribution in [0.15, 0.2) is 29.2 Å². The summed E-state index contributed by atoms with van der Waals surface area (Å²) in [7, 11) is -3.23. The van der Waals surface area contributed by atoms with Crippen LogP contribution >= 0.6 is 11.8 Å². The zero-order valence-electron chi connectivity index (χ0n) is 14.2. The van der Waals surface area contributed by atoms with Crippen molar-refractivity contribution in [1.29, 1.82) is 0 Å². The summed E-state index contributed by atoms with van der Waals surface area (Å²) in [4.78, 5) is 26.2. The first-order valence-corrected chi connectivity index (χ1v) is 11.1. The van der Waals surface area contributed by atoms with Gasteiger partial charge in [0.25, 0.3) is 0 Å². The minimum Gasteiger partial charge on any atom is -0.466 e. The molecule has 1 aliphatic carbocycles. The van der Waals surface area contributed by atoms with E-state index < -0.39 is 9.84 Å². The lowest BCUT2D eigenvalue weighted by atomic mass is 10.2. The molecule has 1 aromatic rings. The summed E-state index contributed by atoms with van der Waals surface area (Å²) >= 11 is 1.57. The molecule has 1 aliphatic heterocycles. The summed E-state index contributed by atoms with van der Waals surface area (Å²) in [6, 6.07) is 6.59. The van der Waals surface area contributed by atoms with Crippen molar-refractivity contribution in [3.8, 4) is 0 Å². The summed E-state index contributed by atoms with van der Waals surface area (Å²) in [5.41, 5.74) is 0.876. The molecule has 1 aromatic carbocycles. The van der Waals surface area contributed by atoms with E-state index in [0.29, 0.717) is 18.9 Å². The Morgan fingerprint density at radius 3 is 2.60 bits per heavy atom. The van der Waals surface area contributed by atoms with Gasteiger partial charge in [-0.3, -0.25) is 9.59 Å². The highest BCUT2D eigenvalue weighted by Gasteiger charge is 2.53. The van der Waals surface area contributed by atoms with Crippen molar-refractivity contribution in [2.75, 3.05) is 18.6 Å². The van der Waals surface area contributed by atoms with E-state index in [1.165, 1.54) is 6.26 Å². The topological polar surface area (TPSA) is 80.8 Å². The number of carbonyl (C=O) groups excluding carboxylic acids is 2. The van der Waals surface area contributed by atoms with Crippen LogP contribution in [0.25, 0.3) is 0 Å². The van der Waals surface area contributed by atoms with E-state index in [-0.39, 0.29) is 34.0 Å². The lowest BCUT2D eigenvalue weighted by molar-refractivity contribution is -0.145. The number of ether oxygens (including phenoxy) is 1. The predicted octanol–water partition coefficient (Wildman–Crippen LogP) is 1.69. The number of hydrogen-bond acceptors (Lipinski definition) is 6. The molecule has 3 atom stereocenters. The number of benzene rings is 1. The van der Waals surface area contributed by atoms with Crippen molar-refractivity contribution in [3.63, 3.8) is 0 Å². The maximum Gasteiger partial charge on any atom is 0.309 e. The van der Waals surface area contributed by atoms with Crippen LogP contribution in [-0.4, -0.2) is 49.2 Å². The summed E-state index contributed by atoms with van der Waals surface area (Å²) in [5.74, 6) is 0.323. The fourth-order valence-electron chi connectivity index (χ4n) is 3.09. The first kappa shape index (κ1) is 18.3. The van der Waals surface area contributed by atoms with Crippen LogP contribution in [0, 0.1) is 11.8 Å². The predicted molar refractivity (Wildman–Crippen MR) is 94.6 cm³/mol. The highest BCUT2D eigenvalue weighted by atomic mass is 32.2. The minimum atomic E-state index is -3.23. The number of rotatable bonds is 6. The van der Waals surface area contributed by atoms with Gasteiger partial charge in [0.15, 0.2) is 9.84 Å². The second kappa shape index (κ2) is 6.99. The van der Waals surface area contributed by atoms with Crippen LogP contribution < -0.4 is 0 Å². The SMILES string of the molecule is CCOC(=O)C1CC1C1SCC(=O)N1Cc1ccc(S(C)(=O)=O)cc1. The number of sulfone groups is 1. The average molecular weight is 383 g/mol. The van der Waals surface area contributed by atoms with Crippen LogP contribution in [-0.2, 0) is 30.7 Å². The van der Waals surface area contributed by atoms with E-state index in [1.807, 2.05) is 0 Å². The number of nitrogens with zero attached hydrogens (tertiary/aromatic N) is 1. The van der Waals surface area contributed by atoms with E-state index in [9.17, 15) is 18.0 Å². The molecular formula is C17H21NO5S2. The van der Waals surface area contributed by atoms with Crippen LogP contribution in [0.5, 0.6) is 0 Å². The second-order valence-electron chi connectivity index (χ2n) is 6.40. The Labute approximate surface area is 151 Å². The van der Waals surface area contributed by atoms with Crippen LogP contribution in [0.2, 0.25) is 0 Å². The Morgan fingerprint density at radius 2 is 2.00 bits per heavy atom. The Hall–Kier alpha value is -1.54. The Balaban J connectivity index is 1.68. The van der Waals surface area contributed by atoms with Gasteiger partial charge in [0, 0.05) is 18.7 Å². The van der Waals surface area contributed by atoms with Gasteiger partial charge in [-0.05, 0) is 31.0 Å². The van der Waals surface area contributed by atoms with Gasteiger partial charge >= 0.3 is 5.97 Å². The maximum atomic E-state index is 12.2. The Bertz CT molecular complexity index is 775. The quantitative estimate of drug-likeness (QED) is 0.696. The fourth-order valence-corrected chi connectivity index (χ4v) is 5.12. The number of thioether (sulfide) groups is 1. The molecule has 1 heterocycles. The third-order valence-corrected chi connectivity index (χ3v) is 6.99. The largest absolute Gasteiger partial charge is 0.466 e. The molecule has 2 fully saturated rings. The minimum absolute atomic E-state index is 0.0171. The monoisotopic (exact) mass is 383 g/mol. The summed E-state index contributed by atoms with van der Waals surface area (Å²) in [5, 5.41) is -0.0171. The van der Waals surface area contributed by atoms with E-state index in [2.05, 4.69) is 0 Å². The number of hydrogen-bond donors (Lipinski definition) is 0. The zero-order valence-corrected chi connectivity index (χ0v) is 15.8. The van der Waals surface area contributed by atoms with Gasteiger partial charge in [0.1, 0.15) is 0 Å². The third-order valence-electron chi connectivity index (χ3n) is 4.50. The molecule has 0 N–H and O–H groups in total. The molecule has 0 aromatic heterocycles. The molecule has 8 heteroatoms. The van der Waals surface area contributed by atoms with Gasteiger partial charge in [0.05, 0.1) is 28.5 Å². The van der Waals surface area contributed by atoms with Gasteiger partial charge in [-0.25, -0.2) is 8.42 Å². The number of esters is 1. The van der Waals surface area contributed by atoms with Gasteiger partial charge in [-0.1, -0.05) is 12.1 Å². The van der Waals surface area contributed by atoms with Crippen molar-refractivity contribution in [2.45, 2.75) is 30.2 Å². The molecule has 1 saturated heterocycles. The smallest absolute Gasteiger partial charge is 0.309 e. The lowest BCUT2D eigenvalue weighted by Crippen LogP contribution is -2.34. The van der Waals surface area contributed by atoms with Crippen molar-refractivity contribution in [3.05, 3.63) is 29.8 Å². The Morgan fingerprint density at radius 1 is 1.32 bits per heavy atom. The first-order valence-electron chi connectivity index (χ1n) is 8.18. The maximum absolute atomic E-state index is 12.2. The van der Waals surface area contributed by atoms with E-state index in [0.717, 1.165) is 12.0 Å².